The van der Waals surface area contributed by atoms with Gasteiger partial charge in [0.1, 0.15) is 30.2 Å². The first kappa shape index (κ1) is 14.2. The van der Waals surface area contributed by atoms with E-state index in [1.54, 1.807) is 12.1 Å². The van der Waals surface area contributed by atoms with Crippen molar-refractivity contribution in [1.82, 2.24) is 0 Å². The van der Waals surface area contributed by atoms with Crippen LogP contribution in [0.4, 0.5) is 0 Å². The second-order valence-corrected chi connectivity index (χ2v) is 4.63. The van der Waals surface area contributed by atoms with E-state index in [2.05, 4.69) is 0 Å². The van der Waals surface area contributed by atoms with Crippen LogP contribution in [0.5, 0.6) is 5.75 Å². The fourth-order valence-corrected chi connectivity index (χ4v) is 1.92. The number of hydrogen-bond donors (Lipinski definition) is 4. The van der Waals surface area contributed by atoms with Crippen molar-refractivity contribution in [3.63, 3.8) is 0 Å². The van der Waals surface area contributed by atoms with E-state index in [0.717, 1.165) is 5.56 Å². The summed E-state index contributed by atoms with van der Waals surface area (Å²) in [5.41, 5.74) is 1.06. The van der Waals surface area contributed by atoms with Crippen LogP contribution >= 0.6 is 0 Å². The number of hydrogen-bond acceptors (Lipinski definition) is 6. The van der Waals surface area contributed by atoms with Gasteiger partial charge in [0, 0.05) is 0 Å². The summed E-state index contributed by atoms with van der Waals surface area (Å²) in [6.07, 6.45) is -6.30. The van der Waals surface area contributed by atoms with Crippen molar-refractivity contribution in [1.29, 1.82) is 0 Å². The molecule has 2 rings (SSSR count). The van der Waals surface area contributed by atoms with E-state index in [1.807, 2.05) is 19.1 Å². The van der Waals surface area contributed by atoms with Crippen molar-refractivity contribution in [3.05, 3.63) is 29.8 Å². The molecule has 0 saturated carbocycles. The Kier molecular flexibility index (Phi) is 4.38. The Bertz CT molecular complexity index is 404. The third kappa shape index (κ3) is 3.05. The van der Waals surface area contributed by atoms with E-state index in [0.29, 0.717) is 5.75 Å². The molecule has 1 aliphatic rings. The number of aryl methyl sites for hydroxylation is 1. The molecule has 106 valence electrons. The van der Waals surface area contributed by atoms with Crippen LogP contribution in [0.3, 0.4) is 0 Å². The molecule has 5 atom stereocenters. The molecule has 0 aromatic heterocycles. The third-order valence-electron chi connectivity index (χ3n) is 3.12. The summed E-state index contributed by atoms with van der Waals surface area (Å²) in [7, 11) is 0. The molecule has 1 aromatic carbocycles. The highest BCUT2D eigenvalue weighted by Crippen LogP contribution is 2.24. The number of aliphatic hydroxyl groups is 4. The molecule has 0 unspecified atom stereocenters. The Morgan fingerprint density at radius 1 is 1.05 bits per heavy atom. The van der Waals surface area contributed by atoms with Crippen LogP contribution in [0.2, 0.25) is 0 Å². The van der Waals surface area contributed by atoms with E-state index in [9.17, 15) is 15.3 Å². The van der Waals surface area contributed by atoms with Gasteiger partial charge in [-0.05, 0) is 19.1 Å². The van der Waals surface area contributed by atoms with Crippen molar-refractivity contribution in [2.45, 2.75) is 37.6 Å². The maximum Gasteiger partial charge on any atom is 0.229 e. The standard InChI is InChI=1S/C13H18O6/c1-7-2-4-8(5-3-7)18-13-12(17)11(16)10(15)9(6-14)19-13/h2-5,9-17H,6H2,1H3/t9-,10+,11+,12+,13+/m1/s1. The van der Waals surface area contributed by atoms with E-state index >= 15 is 0 Å². The van der Waals surface area contributed by atoms with Crippen molar-refractivity contribution in [3.8, 4) is 5.75 Å². The molecule has 0 radical (unpaired) electrons. The van der Waals surface area contributed by atoms with E-state index in [4.69, 9.17) is 14.6 Å². The second kappa shape index (κ2) is 5.85. The fraction of sp³-hybridized carbons (Fsp3) is 0.538. The monoisotopic (exact) mass is 270 g/mol. The van der Waals surface area contributed by atoms with Crippen LogP contribution in [0, 0.1) is 6.92 Å². The highest BCUT2D eigenvalue weighted by atomic mass is 16.7. The zero-order chi connectivity index (χ0) is 14.0. The van der Waals surface area contributed by atoms with Gasteiger partial charge in [-0.2, -0.15) is 0 Å². The molecule has 19 heavy (non-hydrogen) atoms. The van der Waals surface area contributed by atoms with Gasteiger partial charge in [-0.15, -0.1) is 0 Å². The van der Waals surface area contributed by atoms with E-state index in [1.165, 1.54) is 0 Å². The zero-order valence-corrected chi connectivity index (χ0v) is 10.5. The summed E-state index contributed by atoms with van der Waals surface area (Å²) in [6, 6.07) is 7.08. The Morgan fingerprint density at radius 2 is 1.68 bits per heavy atom. The summed E-state index contributed by atoms with van der Waals surface area (Å²) in [4.78, 5) is 0. The largest absolute Gasteiger partial charge is 0.462 e. The van der Waals surface area contributed by atoms with E-state index < -0.39 is 37.3 Å². The van der Waals surface area contributed by atoms with Gasteiger partial charge in [0.25, 0.3) is 0 Å². The first-order valence-corrected chi connectivity index (χ1v) is 6.07. The lowest BCUT2D eigenvalue weighted by molar-refractivity contribution is -0.277. The molecule has 0 amide bonds. The molecule has 0 spiro atoms. The normalized spacial score (nSPS) is 35.1. The van der Waals surface area contributed by atoms with Crippen LogP contribution in [0.15, 0.2) is 24.3 Å². The van der Waals surface area contributed by atoms with Crippen LogP contribution in [-0.2, 0) is 4.74 Å². The maximum absolute atomic E-state index is 9.80. The van der Waals surface area contributed by atoms with Gasteiger partial charge in [-0.3, -0.25) is 0 Å². The Hall–Kier alpha value is -1.18. The summed E-state index contributed by atoms with van der Waals surface area (Å²) in [6.45, 7) is 1.45. The molecule has 1 aromatic rings. The minimum absolute atomic E-state index is 0.468. The first-order valence-electron chi connectivity index (χ1n) is 6.07. The lowest BCUT2D eigenvalue weighted by Crippen LogP contribution is -2.60. The molecular weight excluding hydrogens is 252 g/mol. The van der Waals surface area contributed by atoms with Crippen molar-refractivity contribution in [2.75, 3.05) is 6.61 Å². The fourth-order valence-electron chi connectivity index (χ4n) is 1.92. The highest BCUT2D eigenvalue weighted by molar-refractivity contribution is 5.26. The quantitative estimate of drug-likeness (QED) is 0.572. The lowest BCUT2D eigenvalue weighted by atomic mass is 9.99. The van der Waals surface area contributed by atoms with Gasteiger partial charge in [-0.1, -0.05) is 17.7 Å². The summed E-state index contributed by atoms with van der Waals surface area (Å²) in [5, 5.41) is 38.1. The van der Waals surface area contributed by atoms with Crippen molar-refractivity contribution >= 4 is 0 Å². The molecule has 1 saturated heterocycles. The van der Waals surface area contributed by atoms with Crippen LogP contribution < -0.4 is 4.74 Å². The summed E-state index contributed by atoms with van der Waals surface area (Å²) < 4.78 is 10.7. The number of ether oxygens (including phenoxy) is 2. The van der Waals surface area contributed by atoms with Crippen LogP contribution in [0.25, 0.3) is 0 Å². The number of aliphatic hydroxyl groups excluding tert-OH is 4. The van der Waals surface area contributed by atoms with E-state index in [-0.39, 0.29) is 0 Å². The predicted molar refractivity (Wildman–Crippen MR) is 65.6 cm³/mol. The van der Waals surface area contributed by atoms with Gasteiger partial charge in [-0.25, -0.2) is 0 Å². The molecule has 6 nitrogen and oxygen atoms in total. The molecule has 1 aliphatic heterocycles. The topological polar surface area (TPSA) is 99.4 Å². The van der Waals surface area contributed by atoms with Crippen LogP contribution in [0.1, 0.15) is 5.56 Å². The Morgan fingerprint density at radius 3 is 2.26 bits per heavy atom. The van der Waals surface area contributed by atoms with Gasteiger partial charge in [0.15, 0.2) is 0 Å². The summed E-state index contributed by atoms with van der Waals surface area (Å²) >= 11 is 0. The SMILES string of the molecule is Cc1ccc(O[C@H]2O[C@H](CO)[C@H](O)[C@H](O)[C@@H]2O)cc1. The molecule has 1 fully saturated rings. The average Bonchev–Trinajstić information content (AvgIpc) is 2.42. The molecule has 0 bridgehead atoms. The van der Waals surface area contributed by atoms with Crippen molar-refractivity contribution in [2.24, 2.45) is 0 Å². The van der Waals surface area contributed by atoms with Crippen molar-refractivity contribution < 1.29 is 29.9 Å². The van der Waals surface area contributed by atoms with Gasteiger partial charge in [0.2, 0.25) is 6.29 Å². The zero-order valence-electron chi connectivity index (χ0n) is 10.5. The van der Waals surface area contributed by atoms with Gasteiger partial charge in [0.05, 0.1) is 6.61 Å². The summed E-state index contributed by atoms with van der Waals surface area (Å²) in [5.74, 6) is 0.468. The lowest BCUT2D eigenvalue weighted by Gasteiger charge is -2.39. The molecule has 6 heteroatoms. The molecular formula is C13H18O6. The van der Waals surface area contributed by atoms with Crippen LogP contribution in [-0.4, -0.2) is 57.7 Å². The minimum Gasteiger partial charge on any atom is -0.462 e. The Balaban J connectivity index is 2.08. The molecule has 0 aliphatic carbocycles. The smallest absolute Gasteiger partial charge is 0.229 e. The second-order valence-electron chi connectivity index (χ2n) is 4.63. The van der Waals surface area contributed by atoms with Gasteiger partial charge >= 0.3 is 0 Å². The predicted octanol–water partition coefficient (Wildman–Crippen LogP) is -0.826. The Labute approximate surface area is 110 Å². The third-order valence-corrected chi connectivity index (χ3v) is 3.12. The first-order chi connectivity index (χ1) is 9.02. The average molecular weight is 270 g/mol. The molecule has 4 N–H and O–H groups in total. The maximum atomic E-state index is 9.80. The number of benzene rings is 1. The minimum atomic E-state index is -1.43. The highest BCUT2D eigenvalue weighted by Gasteiger charge is 2.44. The number of rotatable bonds is 3. The van der Waals surface area contributed by atoms with Gasteiger partial charge < -0.3 is 29.9 Å². The molecule has 1 heterocycles.